The number of carbonyl (C=O) groups is 2. The summed E-state index contributed by atoms with van der Waals surface area (Å²) in [5, 5.41) is 11.8. The van der Waals surface area contributed by atoms with Crippen molar-refractivity contribution in [1.82, 2.24) is 5.32 Å². The number of alkyl carbamates (subject to hydrolysis) is 1. The van der Waals surface area contributed by atoms with E-state index in [1.54, 1.807) is 0 Å². The van der Waals surface area contributed by atoms with Gasteiger partial charge in [-0.25, -0.2) is 9.59 Å². The minimum absolute atomic E-state index is 0.0508. The lowest BCUT2D eigenvalue weighted by molar-refractivity contribution is -0.139. The number of alkyl halides is 1. The molecule has 1 atom stereocenters. The Hall–Kier alpha value is -2.53. The Balaban J connectivity index is 1.60. The quantitative estimate of drug-likeness (QED) is 0.468. The Morgan fingerprint density at radius 1 is 1.00 bits per heavy atom. The van der Waals surface area contributed by atoms with Crippen LogP contribution in [0.15, 0.2) is 48.5 Å². The molecular weight excluding hydrogens is 378 g/mol. The molecule has 0 unspecified atom stereocenters. The minimum atomic E-state index is -1.06. The third-order valence-electron chi connectivity index (χ3n) is 5.06. The van der Waals surface area contributed by atoms with Gasteiger partial charge in [-0.3, -0.25) is 0 Å². The number of carbonyl (C=O) groups excluding carboxylic acids is 1. The molecule has 0 saturated carbocycles. The molecule has 5 nitrogen and oxygen atoms in total. The maximum atomic E-state index is 12.2. The molecule has 28 heavy (non-hydrogen) atoms. The van der Waals surface area contributed by atoms with E-state index in [1.807, 2.05) is 36.4 Å². The van der Waals surface area contributed by atoms with Crippen molar-refractivity contribution >= 4 is 23.7 Å². The van der Waals surface area contributed by atoms with Gasteiger partial charge in [-0.15, -0.1) is 11.6 Å². The van der Waals surface area contributed by atoms with Crippen LogP contribution in [0.3, 0.4) is 0 Å². The van der Waals surface area contributed by atoms with Crippen LogP contribution in [0.2, 0.25) is 0 Å². The van der Waals surface area contributed by atoms with Gasteiger partial charge in [0.1, 0.15) is 12.6 Å². The van der Waals surface area contributed by atoms with Gasteiger partial charge >= 0.3 is 12.1 Å². The average Bonchev–Trinajstić information content (AvgIpc) is 3.02. The first-order valence-corrected chi connectivity index (χ1v) is 10.1. The maximum absolute atomic E-state index is 12.2. The second-order valence-electron chi connectivity index (χ2n) is 6.90. The maximum Gasteiger partial charge on any atom is 0.407 e. The van der Waals surface area contributed by atoms with Gasteiger partial charge in [-0.05, 0) is 35.1 Å². The highest BCUT2D eigenvalue weighted by atomic mass is 35.5. The molecule has 6 heteroatoms. The van der Waals surface area contributed by atoms with Gasteiger partial charge in [0.15, 0.2) is 0 Å². The molecule has 0 bridgehead atoms. The van der Waals surface area contributed by atoms with Crippen molar-refractivity contribution in [1.29, 1.82) is 0 Å². The van der Waals surface area contributed by atoms with Crippen LogP contribution in [0.25, 0.3) is 11.1 Å². The minimum Gasteiger partial charge on any atom is -0.480 e. The molecule has 0 heterocycles. The Kier molecular flexibility index (Phi) is 6.93. The lowest BCUT2D eigenvalue weighted by atomic mass is 9.98. The van der Waals surface area contributed by atoms with Crippen LogP contribution in [-0.2, 0) is 9.53 Å². The first-order valence-electron chi connectivity index (χ1n) is 9.52. The Morgan fingerprint density at radius 2 is 1.61 bits per heavy atom. The van der Waals surface area contributed by atoms with Crippen LogP contribution in [0, 0.1) is 0 Å². The molecule has 3 rings (SSSR count). The highest BCUT2D eigenvalue weighted by molar-refractivity contribution is 6.17. The number of benzene rings is 2. The number of carboxylic acids is 1. The van der Waals surface area contributed by atoms with Crippen LogP contribution in [0.5, 0.6) is 0 Å². The first-order chi connectivity index (χ1) is 13.6. The molecule has 2 aromatic carbocycles. The zero-order valence-corrected chi connectivity index (χ0v) is 16.3. The monoisotopic (exact) mass is 401 g/mol. The number of hydrogen-bond donors (Lipinski definition) is 2. The zero-order valence-electron chi connectivity index (χ0n) is 15.6. The highest BCUT2D eigenvalue weighted by Gasteiger charge is 2.29. The van der Waals surface area contributed by atoms with Crippen LogP contribution >= 0.6 is 11.6 Å². The Labute approximate surface area is 169 Å². The van der Waals surface area contributed by atoms with E-state index in [1.165, 1.54) is 0 Å². The third kappa shape index (κ3) is 4.65. The molecule has 0 aromatic heterocycles. The fourth-order valence-electron chi connectivity index (χ4n) is 3.66. The Morgan fingerprint density at radius 3 is 2.18 bits per heavy atom. The van der Waals surface area contributed by atoms with Crippen LogP contribution < -0.4 is 5.32 Å². The number of amides is 1. The van der Waals surface area contributed by atoms with E-state index in [2.05, 4.69) is 17.4 Å². The molecule has 1 amide bonds. The van der Waals surface area contributed by atoms with Gasteiger partial charge in [0.2, 0.25) is 0 Å². The standard InChI is InChI=1S/C22H24ClNO4/c23-13-7-1-2-12-20(21(25)26)24-22(27)28-14-19-17-10-5-3-8-15(17)16-9-4-6-11-18(16)19/h3-6,8-11,19-20H,1-2,7,12-14H2,(H,24,27)(H,25,26)/t20-/m0/s1. The second kappa shape index (κ2) is 9.60. The van der Waals surface area contributed by atoms with Gasteiger partial charge in [-0.2, -0.15) is 0 Å². The number of unbranched alkanes of at least 4 members (excludes halogenated alkanes) is 2. The highest BCUT2D eigenvalue weighted by Crippen LogP contribution is 2.44. The number of carboxylic acid groups (broad SMARTS) is 1. The van der Waals surface area contributed by atoms with Crippen LogP contribution in [-0.4, -0.2) is 35.7 Å². The van der Waals surface area contributed by atoms with Gasteiger partial charge in [0.05, 0.1) is 0 Å². The van der Waals surface area contributed by atoms with Gasteiger partial charge in [0, 0.05) is 11.8 Å². The SMILES string of the molecule is O=C(N[C@@H](CCCCCCl)C(=O)O)OCC1c2ccccc2-c2ccccc21. The molecule has 0 radical (unpaired) electrons. The summed E-state index contributed by atoms with van der Waals surface area (Å²) < 4.78 is 5.41. The van der Waals surface area contributed by atoms with Crippen molar-refractivity contribution in [2.45, 2.75) is 37.6 Å². The summed E-state index contributed by atoms with van der Waals surface area (Å²) in [6.45, 7) is 0.165. The van der Waals surface area contributed by atoms with E-state index in [-0.39, 0.29) is 12.5 Å². The van der Waals surface area contributed by atoms with Crippen molar-refractivity contribution in [2.24, 2.45) is 0 Å². The van der Waals surface area contributed by atoms with E-state index in [4.69, 9.17) is 16.3 Å². The van der Waals surface area contributed by atoms with Gasteiger partial charge < -0.3 is 15.2 Å². The number of hydrogen-bond acceptors (Lipinski definition) is 3. The van der Waals surface area contributed by atoms with Crippen molar-refractivity contribution < 1.29 is 19.4 Å². The smallest absolute Gasteiger partial charge is 0.407 e. The van der Waals surface area contributed by atoms with E-state index < -0.39 is 18.1 Å². The summed E-state index contributed by atoms with van der Waals surface area (Å²) in [7, 11) is 0. The average molecular weight is 402 g/mol. The van der Waals surface area contributed by atoms with Gasteiger partial charge in [-0.1, -0.05) is 61.4 Å². The fourth-order valence-corrected chi connectivity index (χ4v) is 3.85. The molecule has 2 aromatic rings. The van der Waals surface area contributed by atoms with Crippen LogP contribution in [0.1, 0.15) is 42.7 Å². The summed E-state index contributed by atoms with van der Waals surface area (Å²) >= 11 is 5.63. The molecule has 148 valence electrons. The largest absolute Gasteiger partial charge is 0.480 e. The molecule has 1 aliphatic rings. The predicted molar refractivity (Wildman–Crippen MR) is 109 cm³/mol. The molecule has 1 aliphatic carbocycles. The lowest BCUT2D eigenvalue weighted by Crippen LogP contribution is -2.41. The summed E-state index contributed by atoms with van der Waals surface area (Å²) in [5.41, 5.74) is 4.53. The first kappa shape index (κ1) is 20.2. The number of halogens is 1. The van der Waals surface area contributed by atoms with Crippen molar-refractivity contribution in [3.63, 3.8) is 0 Å². The summed E-state index contributed by atoms with van der Waals surface area (Å²) in [4.78, 5) is 23.6. The van der Waals surface area contributed by atoms with Gasteiger partial charge in [0.25, 0.3) is 0 Å². The van der Waals surface area contributed by atoms with E-state index >= 15 is 0 Å². The summed E-state index contributed by atoms with van der Waals surface area (Å²) in [6, 6.07) is 15.2. The molecular formula is C22H24ClNO4. The summed E-state index contributed by atoms with van der Waals surface area (Å²) in [6.07, 6.45) is 2.01. The van der Waals surface area contributed by atoms with E-state index in [0.717, 1.165) is 35.1 Å². The van der Waals surface area contributed by atoms with E-state index in [9.17, 15) is 14.7 Å². The second-order valence-corrected chi connectivity index (χ2v) is 7.28. The molecule has 0 aliphatic heterocycles. The number of aliphatic carboxylic acids is 1. The van der Waals surface area contributed by atoms with Crippen LogP contribution in [0.4, 0.5) is 4.79 Å². The molecule has 2 N–H and O–H groups in total. The number of fused-ring (bicyclic) bond motifs is 3. The number of nitrogens with one attached hydrogen (secondary N) is 1. The Bertz CT molecular complexity index is 793. The predicted octanol–water partition coefficient (Wildman–Crippen LogP) is 4.78. The summed E-state index contributed by atoms with van der Waals surface area (Å²) in [5.74, 6) is -0.554. The normalized spacial score (nSPS) is 13.5. The van der Waals surface area contributed by atoms with Crippen molar-refractivity contribution in [2.75, 3.05) is 12.5 Å². The molecule has 0 saturated heterocycles. The molecule has 0 fully saturated rings. The fraction of sp³-hybridized carbons (Fsp3) is 0.364. The number of rotatable bonds is 9. The third-order valence-corrected chi connectivity index (χ3v) is 5.33. The molecule has 0 spiro atoms. The van der Waals surface area contributed by atoms with Crippen molar-refractivity contribution in [3.05, 3.63) is 59.7 Å². The van der Waals surface area contributed by atoms with Crippen molar-refractivity contribution in [3.8, 4) is 11.1 Å². The lowest BCUT2D eigenvalue weighted by Gasteiger charge is -2.17. The number of ether oxygens (including phenoxy) is 1. The van der Waals surface area contributed by atoms with E-state index in [0.29, 0.717) is 18.7 Å². The topological polar surface area (TPSA) is 75.6 Å². The zero-order chi connectivity index (χ0) is 19.9.